The van der Waals surface area contributed by atoms with E-state index in [9.17, 15) is 9.59 Å². The van der Waals surface area contributed by atoms with Crippen LogP contribution in [0.1, 0.15) is 12.6 Å². The molecule has 0 saturated carbocycles. The molecule has 1 aromatic heterocycles. The number of ether oxygens (including phenoxy) is 1. The van der Waals surface area contributed by atoms with Crippen LogP contribution in [0.15, 0.2) is 27.0 Å². The molecule has 9 nitrogen and oxygen atoms in total. The van der Waals surface area contributed by atoms with Crippen molar-refractivity contribution in [2.45, 2.75) is 24.8 Å². The van der Waals surface area contributed by atoms with E-state index >= 15 is 0 Å². The summed E-state index contributed by atoms with van der Waals surface area (Å²) < 4.78 is 6.54. The third-order valence-corrected chi connectivity index (χ3v) is 2.69. The molecule has 0 amide bonds. The van der Waals surface area contributed by atoms with Gasteiger partial charge in [0, 0.05) is 17.2 Å². The largest absolute Gasteiger partial charge is 0.394 e. The van der Waals surface area contributed by atoms with Crippen molar-refractivity contribution in [3.63, 3.8) is 0 Å². The van der Waals surface area contributed by atoms with E-state index in [0.29, 0.717) is 6.42 Å². The molecule has 0 unspecified atom stereocenters. The normalized spacial score (nSPS) is 26.8. The van der Waals surface area contributed by atoms with Crippen LogP contribution >= 0.6 is 0 Å². The van der Waals surface area contributed by atoms with Crippen LogP contribution in [0, 0.1) is 0 Å². The summed E-state index contributed by atoms with van der Waals surface area (Å²) in [5, 5.41) is 12.6. The lowest BCUT2D eigenvalue weighted by atomic mass is 10.2. The fraction of sp³-hybridized carbons (Fsp3) is 0.556. The van der Waals surface area contributed by atoms with Gasteiger partial charge in [-0.1, -0.05) is 5.11 Å². The Morgan fingerprint density at radius 1 is 1.67 bits per heavy atom. The molecule has 1 aliphatic rings. The molecule has 0 aliphatic carbocycles. The predicted octanol–water partition coefficient (Wildman–Crippen LogP) is -0.505. The summed E-state index contributed by atoms with van der Waals surface area (Å²) in [5.41, 5.74) is 7.29. The molecule has 3 atom stereocenters. The average molecular weight is 253 g/mol. The second-order valence-corrected chi connectivity index (χ2v) is 3.86. The van der Waals surface area contributed by atoms with E-state index in [4.69, 9.17) is 15.4 Å². The Labute approximate surface area is 100 Å². The van der Waals surface area contributed by atoms with E-state index in [2.05, 4.69) is 15.0 Å². The lowest BCUT2D eigenvalue weighted by molar-refractivity contribution is -0.0279. The zero-order valence-electron chi connectivity index (χ0n) is 9.26. The molecule has 1 fully saturated rings. The third kappa shape index (κ3) is 2.28. The Bertz CT molecular complexity index is 587. The van der Waals surface area contributed by atoms with Crippen LogP contribution in [0.25, 0.3) is 10.4 Å². The van der Waals surface area contributed by atoms with E-state index in [1.54, 1.807) is 0 Å². The van der Waals surface area contributed by atoms with Crippen molar-refractivity contribution in [2.24, 2.45) is 5.11 Å². The number of rotatable bonds is 3. The van der Waals surface area contributed by atoms with Crippen molar-refractivity contribution in [3.05, 3.63) is 43.5 Å². The predicted molar refractivity (Wildman–Crippen MR) is 59.9 cm³/mol. The van der Waals surface area contributed by atoms with Crippen LogP contribution in [-0.4, -0.2) is 33.4 Å². The second kappa shape index (κ2) is 5.05. The number of aliphatic hydroxyl groups is 1. The summed E-state index contributed by atoms with van der Waals surface area (Å²) in [7, 11) is 0. The average Bonchev–Trinajstić information content (AvgIpc) is 2.73. The summed E-state index contributed by atoms with van der Waals surface area (Å²) in [6.45, 7) is -0.230. The van der Waals surface area contributed by atoms with Gasteiger partial charge < -0.3 is 9.84 Å². The number of nitrogens with one attached hydrogen (secondary N) is 1. The lowest BCUT2D eigenvalue weighted by Crippen LogP contribution is -2.34. The molecule has 1 aliphatic heterocycles. The summed E-state index contributed by atoms with van der Waals surface area (Å²) in [4.78, 5) is 27.3. The second-order valence-electron chi connectivity index (χ2n) is 3.86. The van der Waals surface area contributed by atoms with Gasteiger partial charge in [-0.25, -0.2) is 4.79 Å². The molecule has 1 aromatic rings. The first-order valence-electron chi connectivity index (χ1n) is 5.27. The number of aromatic amines is 1. The Hall–Kier alpha value is -2.09. The fourth-order valence-electron chi connectivity index (χ4n) is 1.90. The quantitative estimate of drug-likeness (QED) is 0.426. The molecular weight excluding hydrogens is 242 g/mol. The first-order valence-corrected chi connectivity index (χ1v) is 5.27. The summed E-state index contributed by atoms with van der Waals surface area (Å²) in [5.74, 6) is 0. The first kappa shape index (κ1) is 12.4. The molecule has 2 N–H and O–H groups in total. The van der Waals surface area contributed by atoms with E-state index in [-0.39, 0.29) is 6.61 Å². The zero-order chi connectivity index (χ0) is 13.1. The van der Waals surface area contributed by atoms with Gasteiger partial charge in [-0.05, 0) is 12.0 Å². The van der Waals surface area contributed by atoms with Crippen molar-refractivity contribution >= 4 is 0 Å². The van der Waals surface area contributed by atoms with E-state index < -0.39 is 29.6 Å². The van der Waals surface area contributed by atoms with Gasteiger partial charge in [0.1, 0.15) is 6.23 Å². The minimum atomic E-state index is -0.817. The van der Waals surface area contributed by atoms with Crippen molar-refractivity contribution in [2.75, 3.05) is 6.61 Å². The minimum Gasteiger partial charge on any atom is -0.394 e. The SMILES string of the molecule is [N-]=[N+]=N[C@@H]1C[C@@H](CO)O[C@H]1n1ccc(=O)[nH]c1=O. The molecular formula is C9H11N5O4. The van der Waals surface area contributed by atoms with Gasteiger partial charge in [0.05, 0.1) is 18.8 Å². The van der Waals surface area contributed by atoms with Gasteiger partial charge in [-0.2, -0.15) is 0 Å². The maximum absolute atomic E-state index is 11.6. The first-order chi connectivity index (χ1) is 8.65. The molecule has 0 bridgehead atoms. The van der Waals surface area contributed by atoms with Gasteiger partial charge in [-0.15, -0.1) is 0 Å². The number of aliphatic hydroxyl groups excluding tert-OH is 1. The lowest BCUT2D eigenvalue weighted by Gasteiger charge is -2.17. The van der Waals surface area contributed by atoms with Crippen LogP contribution in [-0.2, 0) is 4.74 Å². The van der Waals surface area contributed by atoms with Gasteiger partial charge in [0.25, 0.3) is 5.56 Å². The summed E-state index contributed by atoms with van der Waals surface area (Å²) in [6.07, 6.45) is 0.272. The number of H-pyrrole nitrogens is 1. The minimum absolute atomic E-state index is 0.230. The van der Waals surface area contributed by atoms with Crippen LogP contribution in [0.5, 0.6) is 0 Å². The highest BCUT2D eigenvalue weighted by Gasteiger charge is 2.36. The Kier molecular flexibility index (Phi) is 3.47. The number of nitrogens with zero attached hydrogens (tertiary/aromatic N) is 4. The maximum atomic E-state index is 11.6. The van der Waals surface area contributed by atoms with Gasteiger partial charge >= 0.3 is 5.69 Å². The van der Waals surface area contributed by atoms with E-state index in [1.165, 1.54) is 12.3 Å². The highest BCUT2D eigenvalue weighted by Crippen LogP contribution is 2.29. The van der Waals surface area contributed by atoms with Crippen LogP contribution < -0.4 is 11.2 Å². The summed E-state index contributed by atoms with van der Waals surface area (Å²) >= 11 is 0. The Morgan fingerprint density at radius 3 is 3.06 bits per heavy atom. The standard InChI is InChI=1S/C9H11N5O4/c10-13-12-6-3-5(4-15)18-8(6)14-2-1-7(16)11-9(14)17/h1-2,5-6,8,15H,3-4H2,(H,11,16,17)/t5-,6+,8+/m0/s1. The van der Waals surface area contributed by atoms with Gasteiger partial charge in [-0.3, -0.25) is 14.3 Å². The van der Waals surface area contributed by atoms with Crippen LogP contribution in [0.2, 0.25) is 0 Å². The molecule has 1 saturated heterocycles. The number of aromatic nitrogens is 2. The molecule has 18 heavy (non-hydrogen) atoms. The molecule has 96 valence electrons. The van der Waals surface area contributed by atoms with E-state index in [0.717, 1.165) is 4.57 Å². The Morgan fingerprint density at radius 2 is 2.44 bits per heavy atom. The van der Waals surface area contributed by atoms with E-state index in [1.807, 2.05) is 0 Å². The molecule has 2 rings (SSSR count). The molecule has 2 heterocycles. The maximum Gasteiger partial charge on any atom is 0.330 e. The summed E-state index contributed by atoms with van der Waals surface area (Å²) in [6, 6.07) is 0.570. The fourth-order valence-corrected chi connectivity index (χ4v) is 1.90. The number of azide groups is 1. The number of hydrogen-bond acceptors (Lipinski definition) is 5. The zero-order valence-corrected chi connectivity index (χ0v) is 9.26. The number of hydrogen-bond donors (Lipinski definition) is 2. The van der Waals surface area contributed by atoms with Crippen molar-refractivity contribution in [1.29, 1.82) is 0 Å². The van der Waals surface area contributed by atoms with Gasteiger partial charge in [0.2, 0.25) is 0 Å². The molecule has 9 heteroatoms. The van der Waals surface area contributed by atoms with Crippen LogP contribution in [0.4, 0.5) is 0 Å². The van der Waals surface area contributed by atoms with Crippen molar-refractivity contribution < 1.29 is 9.84 Å². The highest BCUT2D eigenvalue weighted by molar-refractivity contribution is 4.91. The smallest absolute Gasteiger partial charge is 0.330 e. The molecule has 0 spiro atoms. The third-order valence-electron chi connectivity index (χ3n) is 2.69. The Balaban J connectivity index is 2.38. The monoisotopic (exact) mass is 253 g/mol. The van der Waals surface area contributed by atoms with Crippen LogP contribution in [0.3, 0.4) is 0 Å². The molecule has 0 aromatic carbocycles. The van der Waals surface area contributed by atoms with Crippen molar-refractivity contribution in [3.8, 4) is 0 Å². The highest BCUT2D eigenvalue weighted by atomic mass is 16.5. The van der Waals surface area contributed by atoms with Gasteiger partial charge in [0.15, 0.2) is 0 Å². The molecule has 0 radical (unpaired) electrons. The van der Waals surface area contributed by atoms with Crippen molar-refractivity contribution in [1.82, 2.24) is 9.55 Å². The topological polar surface area (TPSA) is 133 Å².